The van der Waals surface area contributed by atoms with Crippen LogP contribution in [0.2, 0.25) is 5.02 Å². The first kappa shape index (κ1) is 24.3. The van der Waals surface area contributed by atoms with Crippen LogP contribution in [-0.2, 0) is 9.59 Å². The summed E-state index contributed by atoms with van der Waals surface area (Å²) >= 11 is 6.09. The summed E-state index contributed by atoms with van der Waals surface area (Å²) in [6.07, 6.45) is 0.0189. The van der Waals surface area contributed by atoms with Gasteiger partial charge in [0.2, 0.25) is 0 Å². The Labute approximate surface area is 205 Å². The number of ketones is 1. The van der Waals surface area contributed by atoms with Gasteiger partial charge in [0, 0.05) is 49.9 Å². The number of amides is 1. The highest BCUT2D eigenvalue weighted by atomic mass is 35.5. The quantitative estimate of drug-likeness (QED) is 0.356. The van der Waals surface area contributed by atoms with E-state index in [2.05, 4.69) is 10.2 Å². The predicted molar refractivity (Wildman–Crippen MR) is 132 cm³/mol. The zero-order chi connectivity index (χ0) is 24.2. The van der Waals surface area contributed by atoms with Crippen molar-refractivity contribution in [3.05, 3.63) is 70.3 Å². The molecule has 180 valence electrons. The van der Waals surface area contributed by atoms with Crippen LogP contribution in [-0.4, -0.2) is 72.0 Å². The average Bonchev–Trinajstić information content (AvgIpc) is 3.08. The zero-order valence-electron chi connectivity index (χ0n) is 19.5. The van der Waals surface area contributed by atoms with Crippen LogP contribution < -0.4 is 10.1 Å². The van der Waals surface area contributed by atoms with E-state index in [1.807, 2.05) is 13.8 Å². The molecule has 1 atom stereocenters. The highest BCUT2D eigenvalue weighted by Gasteiger charge is 2.46. The summed E-state index contributed by atoms with van der Waals surface area (Å²) in [5, 5.41) is 15.1. The van der Waals surface area contributed by atoms with E-state index in [0.717, 1.165) is 31.7 Å². The number of piperazine rings is 1. The molecule has 2 aromatic carbocycles. The van der Waals surface area contributed by atoms with Gasteiger partial charge in [-0.15, -0.1) is 0 Å². The van der Waals surface area contributed by atoms with Crippen molar-refractivity contribution < 1.29 is 19.4 Å². The van der Waals surface area contributed by atoms with E-state index >= 15 is 0 Å². The van der Waals surface area contributed by atoms with Gasteiger partial charge in [-0.3, -0.25) is 14.5 Å². The van der Waals surface area contributed by atoms with Crippen molar-refractivity contribution in [3.8, 4) is 5.75 Å². The fourth-order valence-electron chi connectivity index (χ4n) is 4.41. The number of hydrogen-bond acceptors (Lipinski definition) is 6. The van der Waals surface area contributed by atoms with Crippen LogP contribution in [0, 0.1) is 0 Å². The fraction of sp³-hybridized carbons (Fsp3) is 0.385. The summed E-state index contributed by atoms with van der Waals surface area (Å²) in [7, 11) is 0. The molecule has 2 saturated heterocycles. The lowest BCUT2D eigenvalue weighted by Crippen LogP contribution is -2.46. The highest BCUT2D eigenvalue weighted by Crippen LogP contribution is 2.39. The molecule has 0 bridgehead atoms. The standard InChI is InChI=1S/C26H30ClN3O4/c1-17(2)34-21-9-5-19(6-10-21)24(31)22-23(18-3-7-20(27)8-4-18)30(26(33)25(22)32)16-15-29-13-11-28-12-14-29/h3-10,17,23,28,31H,11-16H2,1-2H3/t23-/m1/s1. The number of nitrogens with zero attached hydrogens (tertiary/aromatic N) is 2. The molecule has 4 rings (SSSR count). The molecule has 2 aliphatic heterocycles. The van der Waals surface area contributed by atoms with Gasteiger partial charge >= 0.3 is 0 Å². The molecule has 0 spiro atoms. The van der Waals surface area contributed by atoms with Crippen molar-refractivity contribution in [3.63, 3.8) is 0 Å². The van der Waals surface area contributed by atoms with Crippen LogP contribution in [0.3, 0.4) is 0 Å². The molecule has 0 aromatic heterocycles. The van der Waals surface area contributed by atoms with Crippen molar-refractivity contribution >= 4 is 29.1 Å². The van der Waals surface area contributed by atoms with E-state index < -0.39 is 17.7 Å². The number of halogens is 1. The first-order chi connectivity index (χ1) is 16.3. The molecule has 7 nitrogen and oxygen atoms in total. The molecule has 1 amide bonds. The Morgan fingerprint density at radius 2 is 1.71 bits per heavy atom. The van der Waals surface area contributed by atoms with Gasteiger partial charge in [0.05, 0.1) is 17.7 Å². The molecule has 0 aliphatic carbocycles. The Hall–Kier alpha value is -2.87. The van der Waals surface area contributed by atoms with Crippen molar-refractivity contribution in [1.82, 2.24) is 15.1 Å². The van der Waals surface area contributed by atoms with Gasteiger partial charge in [-0.2, -0.15) is 0 Å². The highest BCUT2D eigenvalue weighted by molar-refractivity contribution is 6.46. The predicted octanol–water partition coefficient (Wildman–Crippen LogP) is 3.45. The number of carbonyl (C=O) groups is 2. The molecular formula is C26H30ClN3O4. The number of benzene rings is 2. The van der Waals surface area contributed by atoms with Crippen LogP contribution in [0.1, 0.15) is 31.0 Å². The lowest BCUT2D eigenvalue weighted by atomic mass is 9.95. The van der Waals surface area contributed by atoms with Gasteiger partial charge < -0.3 is 20.1 Å². The van der Waals surface area contributed by atoms with Gasteiger partial charge in [-0.25, -0.2) is 0 Å². The minimum Gasteiger partial charge on any atom is -0.507 e. The number of Topliss-reactive ketones (excluding diaryl/α,β-unsaturated/α-hetero) is 1. The second-order valence-corrected chi connectivity index (χ2v) is 9.26. The number of hydrogen-bond donors (Lipinski definition) is 2. The minimum atomic E-state index is -0.688. The molecular weight excluding hydrogens is 454 g/mol. The molecule has 8 heteroatoms. The first-order valence-electron chi connectivity index (χ1n) is 11.6. The second-order valence-electron chi connectivity index (χ2n) is 8.83. The Morgan fingerprint density at radius 1 is 1.06 bits per heavy atom. The maximum absolute atomic E-state index is 13.2. The second kappa shape index (κ2) is 10.6. The Bertz CT molecular complexity index is 1060. The Balaban J connectivity index is 1.69. The van der Waals surface area contributed by atoms with Gasteiger partial charge in [0.25, 0.3) is 11.7 Å². The van der Waals surface area contributed by atoms with Crippen LogP contribution >= 0.6 is 11.6 Å². The van der Waals surface area contributed by atoms with E-state index in [9.17, 15) is 14.7 Å². The normalized spacial score (nSPS) is 20.8. The fourth-order valence-corrected chi connectivity index (χ4v) is 4.53. The number of carbonyl (C=O) groups excluding carboxylic acids is 2. The summed E-state index contributed by atoms with van der Waals surface area (Å²) in [5.74, 6) is -0.812. The van der Waals surface area contributed by atoms with Gasteiger partial charge in [0.15, 0.2) is 0 Å². The van der Waals surface area contributed by atoms with Crippen LogP contribution in [0.4, 0.5) is 0 Å². The van der Waals surface area contributed by atoms with Crippen LogP contribution in [0.5, 0.6) is 5.75 Å². The molecule has 2 fully saturated rings. The monoisotopic (exact) mass is 483 g/mol. The molecule has 0 unspecified atom stereocenters. The van der Waals surface area contributed by atoms with Gasteiger partial charge in [0.1, 0.15) is 11.5 Å². The van der Waals surface area contributed by atoms with E-state index in [0.29, 0.717) is 29.4 Å². The lowest BCUT2D eigenvalue weighted by molar-refractivity contribution is -0.140. The molecule has 2 aliphatic rings. The SMILES string of the molecule is CC(C)Oc1ccc(C(O)=C2C(=O)C(=O)N(CCN3CCNCC3)[C@@H]2c2ccc(Cl)cc2)cc1. The van der Waals surface area contributed by atoms with E-state index in [1.54, 1.807) is 53.4 Å². The van der Waals surface area contributed by atoms with Crippen molar-refractivity contribution in [2.75, 3.05) is 39.3 Å². The molecule has 2 heterocycles. The number of ether oxygens (including phenoxy) is 1. The smallest absolute Gasteiger partial charge is 0.295 e. The summed E-state index contributed by atoms with van der Waals surface area (Å²) in [5.41, 5.74) is 1.27. The minimum absolute atomic E-state index is 0.0189. The molecule has 0 radical (unpaired) electrons. The van der Waals surface area contributed by atoms with E-state index in [-0.39, 0.29) is 17.4 Å². The average molecular weight is 484 g/mol. The van der Waals surface area contributed by atoms with Crippen LogP contribution in [0.25, 0.3) is 5.76 Å². The van der Waals surface area contributed by atoms with Crippen molar-refractivity contribution in [2.45, 2.75) is 26.0 Å². The third kappa shape index (κ3) is 5.27. The number of aliphatic hydroxyl groups excluding tert-OH is 1. The van der Waals surface area contributed by atoms with Gasteiger partial charge in [-0.1, -0.05) is 23.7 Å². The molecule has 34 heavy (non-hydrogen) atoms. The Kier molecular flexibility index (Phi) is 7.56. The largest absolute Gasteiger partial charge is 0.507 e. The summed E-state index contributed by atoms with van der Waals surface area (Å²) in [4.78, 5) is 30.1. The van der Waals surface area contributed by atoms with Crippen molar-refractivity contribution in [2.24, 2.45) is 0 Å². The maximum atomic E-state index is 13.2. The topological polar surface area (TPSA) is 82.1 Å². The first-order valence-corrected chi connectivity index (χ1v) is 12.0. The molecule has 2 N–H and O–H groups in total. The van der Waals surface area contributed by atoms with Crippen LogP contribution in [0.15, 0.2) is 54.1 Å². The van der Waals surface area contributed by atoms with Gasteiger partial charge in [-0.05, 0) is 55.8 Å². The maximum Gasteiger partial charge on any atom is 0.295 e. The summed E-state index contributed by atoms with van der Waals surface area (Å²) in [6, 6.07) is 13.2. The number of nitrogens with one attached hydrogen (secondary N) is 1. The van der Waals surface area contributed by atoms with Crippen molar-refractivity contribution in [1.29, 1.82) is 0 Å². The number of aliphatic hydroxyl groups is 1. The van der Waals surface area contributed by atoms with E-state index in [4.69, 9.17) is 16.3 Å². The third-order valence-electron chi connectivity index (χ3n) is 6.09. The number of rotatable bonds is 7. The zero-order valence-corrected chi connectivity index (χ0v) is 20.2. The summed E-state index contributed by atoms with van der Waals surface area (Å²) < 4.78 is 5.67. The van der Waals surface area contributed by atoms with E-state index in [1.165, 1.54) is 0 Å². The Morgan fingerprint density at radius 3 is 2.32 bits per heavy atom. The molecule has 2 aromatic rings. The number of likely N-dealkylation sites (tertiary alicyclic amines) is 1. The molecule has 0 saturated carbocycles. The lowest BCUT2D eigenvalue weighted by Gasteiger charge is -2.31. The third-order valence-corrected chi connectivity index (χ3v) is 6.34. The summed E-state index contributed by atoms with van der Waals surface area (Å²) in [6.45, 7) is 8.48.